The predicted molar refractivity (Wildman–Crippen MR) is 104 cm³/mol. The number of aliphatic carboxylic acids is 1. The molecule has 3 N–H and O–H groups in total. The molecule has 3 fully saturated rings. The zero-order valence-electron chi connectivity index (χ0n) is 16.4. The van der Waals surface area contributed by atoms with Gasteiger partial charge in [-0.3, -0.25) is 9.69 Å². The lowest BCUT2D eigenvalue weighted by molar-refractivity contribution is -0.146. The van der Waals surface area contributed by atoms with Crippen molar-refractivity contribution in [1.29, 1.82) is 0 Å². The van der Waals surface area contributed by atoms with Gasteiger partial charge in [-0.1, -0.05) is 19.1 Å². The molecule has 3 aliphatic rings. The fourth-order valence-corrected chi connectivity index (χ4v) is 5.48. The van der Waals surface area contributed by atoms with Crippen molar-refractivity contribution in [2.45, 2.75) is 89.1 Å². The van der Waals surface area contributed by atoms with Crippen molar-refractivity contribution in [2.24, 2.45) is 17.8 Å². The van der Waals surface area contributed by atoms with E-state index in [2.05, 4.69) is 16.7 Å². The SMILES string of the molecule is CC#CCCC(C)[C@H](O)/C=C/[C@H]1[C@H](O)CC2[C@@H]1CC1CCCC(C(=O)O)N12. The van der Waals surface area contributed by atoms with Gasteiger partial charge in [0.15, 0.2) is 0 Å². The monoisotopic (exact) mass is 375 g/mol. The van der Waals surface area contributed by atoms with Crippen molar-refractivity contribution >= 4 is 5.97 Å². The van der Waals surface area contributed by atoms with Crippen LogP contribution in [0.2, 0.25) is 0 Å². The van der Waals surface area contributed by atoms with E-state index in [9.17, 15) is 20.1 Å². The maximum atomic E-state index is 11.7. The van der Waals surface area contributed by atoms with E-state index in [1.165, 1.54) is 0 Å². The normalized spacial score (nSPS) is 38.1. The van der Waals surface area contributed by atoms with Gasteiger partial charge in [0.05, 0.1) is 12.2 Å². The number of carbonyl (C=O) groups is 1. The minimum atomic E-state index is -0.728. The Kier molecular flexibility index (Phi) is 6.62. The summed E-state index contributed by atoms with van der Waals surface area (Å²) in [5.74, 6) is 5.60. The highest BCUT2D eigenvalue weighted by Gasteiger charge is 2.54. The van der Waals surface area contributed by atoms with Crippen molar-refractivity contribution in [3.63, 3.8) is 0 Å². The predicted octanol–water partition coefficient (Wildman–Crippen LogP) is 2.42. The van der Waals surface area contributed by atoms with Crippen molar-refractivity contribution in [3.8, 4) is 11.8 Å². The quantitative estimate of drug-likeness (QED) is 0.491. The summed E-state index contributed by atoms with van der Waals surface area (Å²) < 4.78 is 0. The Hall–Kier alpha value is -1.35. The summed E-state index contributed by atoms with van der Waals surface area (Å²) >= 11 is 0. The standard InChI is InChI=1S/C22H33NO4/c1-3-4-5-7-14(2)20(24)11-10-16-17-12-15-8-6-9-18(22(26)27)23(15)19(17)13-21(16)25/h10-11,14-21,24-25H,5-9,12-13H2,1-2H3,(H,26,27)/b11-10+/t14?,15?,16-,17-,18?,19?,20-,21-/m1/s1. The minimum absolute atomic E-state index is 0.00679. The molecule has 3 rings (SSSR count). The van der Waals surface area contributed by atoms with Crippen LogP contribution in [0, 0.1) is 29.6 Å². The minimum Gasteiger partial charge on any atom is -0.480 e. The lowest BCUT2D eigenvalue weighted by Crippen LogP contribution is -2.51. The first kappa shape index (κ1) is 20.4. The molecule has 8 atom stereocenters. The molecule has 150 valence electrons. The van der Waals surface area contributed by atoms with Gasteiger partial charge < -0.3 is 15.3 Å². The van der Waals surface area contributed by atoms with Gasteiger partial charge in [0.1, 0.15) is 6.04 Å². The van der Waals surface area contributed by atoms with Gasteiger partial charge in [-0.05, 0) is 57.3 Å². The number of fused-ring (bicyclic) bond motifs is 3. The molecule has 2 heterocycles. The molecule has 1 aliphatic carbocycles. The third kappa shape index (κ3) is 4.23. The molecule has 0 aromatic carbocycles. The number of hydrogen-bond acceptors (Lipinski definition) is 4. The van der Waals surface area contributed by atoms with Crippen LogP contribution in [0.4, 0.5) is 0 Å². The Bertz CT molecular complexity index is 622. The lowest BCUT2D eigenvalue weighted by Gasteiger charge is -2.38. The van der Waals surface area contributed by atoms with Crippen LogP contribution in [0.3, 0.4) is 0 Å². The molecular formula is C22H33NO4. The van der Waals surface area contributed by atoms with Gasteiger partial charge in [0.25, 0.3) is 0 Å². The molecule has 0 aromatic heterocycles. The Morgan fingerprint density at radius 2 is 2.11 bits per heavy atom. The van der Waals surface area contributed by atoms with Crippen molar-refractivity contribution in [3.05, 3.63) is 12.2 Å². The maximum Gasteiger partial charge on any atom is 0.320 e. The summed E-state index contributed by atoms with van der Waals surface area (Å²) in [6.45, 7) is 3.84. The zero-order valence-corrected chi connectivity index (χ0v) is 16.4. The topological polar surface area (TPSA) is 81.0 Å². The largest absolute Gasteiger partial charge is 0.480 e. The summed E-state index contributed by atoms with van der Waals surface area (Å²) in [6, 6.07) is 0.0733. The van der Waals surface area contributed by atoms with Crippen LogP contribution in [0.1, 0.15) is 58.8 Å². The fraction of sp³-hybridized carbons (Fsp3) is 0.773. The molecule has 5 heteroatoms. The first-order chi connectivity index (χ1) is 12.9. The van der Waals surface area contributed by atoms with E-state index in [1.54, 1.807) is 0 Å². The van der Waals surface area contributed by atoms with Crippen molar-refractivity contribution in [2.75, 3.05) is 0 Å². The highest BCUT2D eigenvalue weighted by atomic mass is 16.4. The molecule has 0 amide bonds. The van der Waals surface area contributed by atoms with E-state index in [1.807, 2.05) is 26.0 Å². The number of aliphatic hydroxyl groups excluding tert-OH is 2. The van der Waals surface area contributed by atoms with Crippen LogP contribution in [-0.2, 0) is 4.79 Å². The molecule has 1 saturated carbocycles. The van der Waals surface area contributed by atoms with Crippen molar-refractivity contribution < 1.29 is 20.1 Å². The van der Waals surface area contributed by atoms with Gasteiger partial charge in [0, 0.05) is 24.4 Å². The highest BCUT2D eigenvalue weighted by molar-refractivity contribution is 5.73. The second-order valence-electron chi connectivity index (χ2n) is 8.55. The molecule has 5 nitrogen and oxygen atoms in total. The van der Waals surface area contributed by atoms with E-state index in [0.29, 0.717) is 18.9 Å². The van der Waals surface area contributed by atoms with Gasteiger partial charge in [-0.15, -0.1) is 11.8 Å². The maximum absolute atomic E-state index is 11.7. The molecule has 0 radical (unpaired) electrons. The summed E-state index contributed by atoms with van der Waals surface area (Å²) in [5.41, 5.74) is 0. The van der Waals surface area contributed by atoms with Gasteiger partial charge >= 0.3 is 5.97 Å². The van der Waals surface area contributed by atoms with Crippen molar-refractivity contribution in [1.82, 2.24) is 4.90 Å². The van der Waals surface area contributed by atoms with Crippen LogP contribution < -0.4 is 0 Å². The first-order valence-corrected chi connectivity index (χ1v) is 10.4. The van der Waals surface area contributed by atoms with Crippen LogP contribution in [-0.4, -0.2) is 56.5 Å². The highest BCUT2D eigenvalue weighted by Crippen LogP contribution is 2.49. The second kappa shape index (κ2) is 8.77. The van der Waals surface area contributed by atoms with Gasteiger partial charge in [0.2, 0.25) is 0 Å². The average molecular weight is 376 g/mol. The van der Waals surface area contributed by atoms with E-state index in [-0.39, 0.29) is 23.8 Å². The molecule has 2 saturated heterocycles. The Morgan fingerprint density at radius 1 is 1.33 bits per heavy atom. The van der Waals surface area contributed by atoms with E-state index >= 15 is 0 Å². The average Bonchev–Trinajstić information content (AvgIpc) is 3.14. The molecule has 4 unspecified atom stereocenters. The van der Waals surface area contributed by atoms with Crippen LogP contribution in [0.25, 0.3) is 0 Å². The second-order valence-corrected chi connectivity index (χ2v) is 8.55. The molecule has 27 heavy (non-hydrogen) atoms. The van der Waals surface area contributed by atoms with Crippen LogP contribution in [0.15, 0.2) is 12.2 Å². The van der Waals surface area contributed by atoms with E-state index in [0.717, 1.165) is 32.1 Å². The smallest absolute Gasteiger partial charge is 0.320 e. The van der Waals surface area contributed by atoms with Crippen LogP contribution >= 0.6 is 0 Å². The number of carboxylic acid groups (broad SMARTS) is 1. The number of rotatable bonds is 6. The third-order valence-corrected chi connectivity index (χ3v) is 6.94. The van der Waals surface area contributed by atoms with Crippen LogP contribution in [0.5, 0.6) is 0 Å². The summed E-state index contributed by atoms with van der Waals surface area (Å²) in [7, 11) is 0. The zero-order chi connectivity index (χ0) is 19.6. The third-order valence-electron chi connectivity index (χ3n) is 6.94. The number of aliphatic hydroxyl groups is 2. The lowest BCUT2D eigenvalue weighted by atomic mass is 9.88. The molecular weight excluding hydrogens is 342 g/mol. The Morgan fingerprint density at radius 3 is 2.81 bits per heavy atom. The molecule has 2 aliphatic heterocycles. The molecule has 0 spiro atoms. The van der Waals surface area contributed by atoms with Gasteiger partial charge in [-0.25, -0.2) is 0 Å². The first-order valence-electron chi connectivity index (χ1n) is 10.4. The van der Waals surface area contributed by atoms with E-state index < -0.39 is 24.2 Å². The molecule has 0 bridgehead atoms. The summed E-state index contributed by atoms with van der Waals surface area (Å²) in [6.07, 6.45) is 8.81. The number of piperidine rings is 1. The van der Waals surface area contributed by atoms with E-state index in [4.69, 9.17) is 0 Å². The Balaban J connectivity index is 1.65. The summed E-state index contributed by atoms with van der Waals surface area (Å²) in [5, 5.41) is 30.6. The molecule has 0 aromatic rings. The Labute approximate surface area is 162 Å². The fourth-order valence-electron chi connectivity index (χ4n) is 5.48. The number of hydrogen-bond donors (Lipinski definition) is 3. The summed E-state index contributed by atoms with van der Waals surface area (Å²) in [4.78, 5) is 13.9. The van der Waals surface area contributed by atoms with Gasteiger partial charge in [-0.2, -0.15) is 0 Å². The number of nitrogens with zero attached hydrogens (tertiary/aromatic N) is 1. The number of carboxylic acids is 1.